The van der Waals surface area contributed by atoms with Crippen LogP contribution in [0.15, 0.2) is 54.9 Å². The minimum atomic E-state index is -0.266. The van der Waals surface area contributed by atoms with Gasteiger partial charge in [-0.2, -0.15) is 5.10 Å². The Kier molecular flexibility index (Phi) is 5.93. The number of benzene rings is 1. The fraction of sp³-hybridized carbons (Fsp3) is 0.375. The Hall–Kier alpha value is -3.35. The number of aryl methyl sites for hydroxylation is 1. The molecule has 3 heterocycles. The lowest BCUT2D eigenvalue weighted by Crippen LogP contribution is -2.41. The lowest BCUT2D eigenvalue weighted by atomic mass is 10.1. The van der Waals surface area contributed by atoms with Gasteiger partial charge in [0.2, 0.25) is 5.91 Å². The zero-order chi connectivity index (χ0) is 22.0. The summed E-state index contributed by atoms with van der Waals surface area (Å²) in [5.74, 6) is -0.147. The molecule has 1 aliphatic rings. The summed E-state index contributed by atoms with van der Waals surface area (Å²) in [5.41, 5.74) is 3.71. The monoisotopic (exact) mass is 419 g/mol. The van der Waals surface area contributed by atoms with Crippen LogP contribution in [-0.2, 0) is 18.3 Å². The van der Waals surface area contributed by atoms with E-state index in [-0.39, 0.29) is 29.7 Å². The average Bonchev–Trinajstić information content (AvgIpc) is 3.49. The Balaban J connectivity index is 1.36. The quantitative estimate of drug-likeness (QED) is 0.644. The smallest absolute Gasteiger partial charge is 0.267 e. The van der Waals surface area contributed by atoms with Crippen LogP contribution in [0.3, 0.4) is 0 Å². The first-order valence-corrected chi connectivity index (χ1v) is 10.7. The van der Waals surface area contributed by atoms with Crippen LogP contribution < -0.4 is 5.32 Å². The number of likely N-dealkylation sites (tertiary alicyclic amines) is 1. The Morgan fingerprint density at radius 1 is 1.19 bits per heavy atom. The van der Waals surface area contributed by atoms with Crippen molar-refractivity contribution in [2.45, 2.75) is 32.2 Å². The van der Waals surface area contributed by atoms with Crippen molar-refractivity contribution in [3.63, 3.8) is 0 Å². The maximum atomic E-state index is 13.0. The normalized spacial score (nSPS) is 19.4. The highest BCUT2D eigenvalue weighted by atomic mass is 16.2. The van der Waals surface area contributed by atoms with Crippen molar-refractivity contribution >= 4 is 11.8 Å². The first-order chi connectivity index (χ1) is 14.9. The number of aromatic nitrogens is 3. The molecule has 0 spiro atoms. The van der Waals surface area contributed by atoms with Crippen LogP contribution in [-0.4, -0.2) is 50.6 Å². The molecule has 0 aliphatic carbocycles. The Bertz CT molecular complexity index is 1050. The number of carbonyl (C=O) groups is 2. The predicted molar refractivity (Wildman–Crippen MR) is 119 cm³/mol. The van der Waals surface area contributed by atoms with Gasteiger partial charge in [-0.25, -0.2) is 0 Å². The highest BCUT2D eigenvalue weighted by Gasteiger charge is 2.36. The summed E-state index contributed by atoms with van der Waals surface area (Å²) >= 11 is 0. The topological polar surface area (TPSA) is 83.0 Å². The Labute approximate surface area is 182 Å². The van der Waals surface area contributed by atoms with E-state index in [1.165, 1.54) is 5.56 Å². The van der Waals surface area contributed by atoms with Gasteiger partial charge in [0.1, 0.15) is 5.69 Å². The molecule has 1 unspecified atom stereocenters. The molecule has 7 nitrogen and oxygen atoms in total. The van der Waals surface area contributed by atoms with Gasteiger partial charge in [-0.3, -0.25) is 14.3 Å². The third-order valence-electron chi connectivity index (χ3n) is 6.15. The summed E-state index contributed by atoms with van der Waals surface area (Å²) in [4.78, 5) is 30.7. The minimum absolute atomic E-state index is 0.0669. The van der Waals surface area contributed by atoms with Gasteiger partial charge in [0.15, 0.2) is 0 Å². The van der Waals surface area contributed by atoms with Gasteiger partial charge >= 0.3 is 0 Å². The fourth-order valence-electron chi connectivity index (χ4n) is 4.29. The molecule has 162 valence electrons. The number of nitrogens with zero attached hydrogens (tertiary/aromatic N) is 3. The summed E-state index contributed by atoms with van der Waals surface area (Å²) in [7, 11) is 1.84. The zero-order valence-corrected chi connectivity index (χ0v) is 18.2. The van der Waals surface area contributed by atoms with Gasteiger partial charge in [-0.1, -0.05) is 37.3 Å². The molecule has 3 atom stereocenters. The van der Waals surface area contributed by atoms with Crippen LogP contribution in [0.25, 0.3) is 0 Å². The second-order valence-corrected chi connectivity index (χ2v) is 8.49. The summed E-state index contributed by atoms with van der Waals surface area (Å²) in [5, 5.41) is 7.27. The van der Waals surface area contributed by atoms with E-state index < -0.39 is 0 Å². The average molecular weight is 420 g/mol. The largest absolute Gasteiger partial charge is 0.357 e. The van der Waals surface area contributed by atoms with Gasteiger partial charge in [0.25, 0.3) is 5.91 Å². The number of hydrogen-bond donors (Lipinski definition) is 2. The molecule has 7 heteroatoms. The van der Waals surface area contributed by atoms with Crippen LogP contribution >= 0.6 is 0 Å². The number of hydrogen-bond acceptors (Lipinski definition) is 3. The van der Waals surface area contributed by atoms with Gasteiger partial charge in [-0.15, -0.1) is 0 Å². The van der Waals surface area contributed by atoms with E-state index in [4.69, 9.17) is 0 Å². The second kappa shape index (κ2) is 8.79. The molecule has 2 N–H and O–H groups in total. The highest BCUT2D eigenvalue weighted by molar-refractivity contribution is 5.93. The van der Waals surface area contributed by atoms with Crippen LogP contribution in [0.2, 0.25) is 0 Å². The van der Waals surface area contributed by atoms with E-state index >= 15 is 0 Å². The molecule has 2 aromatic heterocycles. The van der Waals surface area contributed by atoms with Crippen molar-refractivity contribution in [2.75, 3.05) is 13.1 Å². The Morgan fingerprint density at radius 2 is 1.97 bits per heavy atom. The standard InChI is InChI=1S/C24H29N5O2/c1-16-14-29(24(31)17(2)22-9-10-26-28(22)3)15-21(16)27-23(30)20-12-19(13-25-20)11-18-7-5-4-6-8-18/h4-10,12-13,16-17,21,25H,11,14-15H2,1-3H3,(H,27,30)/t16-,17?,21+/m1/s1. The van der Waals surface area contributed by atoms with E-state index in [1.807, 2.05) is 55.4 Å². The number of aromatic amines is 1. The number of amides is 2. The summed E-state index contributed by atoms with van der Waals surface area (Å²) in [6.07, 6.45) is 4.36. The van der Waals surface area contributed by atoms with E-state index in [2.05, 4.69) is 34.5 Å². The molecule has 1 saturated heterocycles. The van der Waals surface area contributed by atoms with E-state index in [9.17, 15) is 9.59 Å². The molecule has 4 rings (SSSR count). The summed E-state index contributed by atoms with van der Waals surface area (Å²) in [6, 6.07) is 13.9. The van der Waals surface area contributed by atoms with Gasteiger partial charge in [0, 0.05) is 32.5 Å². The van der Waals surface area contributed by atoms with Crippen molar-refractivity contribution in [2.24, 2.45) is 13.0 Å². The maximum absolute atomic E-state index is 13.0. The number of rotatable bonds is 6. The molecule has 3 aromatic rings. The van der Waals surface area contributed by atoms with Gasteiger partial charge in [-0.05, 0) is 42.5 Å². The van der Waals surface area contributed by atoms with Crippen molar-refractivity contribution in [3.8, 4) is 0 Å². The van der Waals surface area contributed by atoms with Crippen LogP contribution in [0.4, 0.5) is 0 Å². The molecule has 1 fully saturated rings. The number of H-pyrrole nitrogens is 1. The predicted octanol–water partition coefficient (Wildman–Crippen LogP) is 2.72. The summed E-state index contributed by atoms with van der Waals surface area (Å²) in [6.45, 7) is 5.13. The maximum Gasteiger partial charge on any atom is 0.267 e. The zero-order valence-electron chi connectivity index (χ0n) is 18.2. The molecule has 0 bridgehead atoms. The first-order valence-electron chi connectivity index (χ1n) is 10.7. The fourth-order valence-corrected chi connectivity index (χ4v) is 4.29. The molecule has 31 heavy (non-hydrogen) atoms. The molecule has 0 radical (unpaired) electrons. The highest BCUT2D eigenvalue weighted by Crippen LogP contribution is 2.23. The molecule has 1 aliphatic heterocycles. The van der Waals surface area contributed by atoms with E-state index in [1.54, 1.807) is 10.9 Å². The molecule has 2 amide bonds. The third kappa shape index (κ3) is 4.55. The number of carbonyl (C=O) groups excluding carboxylic acids is 2. The van der Waals surface area contributed by atoms with Gasteiger partial charge < -0.3 is 15.2 Å². The van der Waals surface area contributed by atoms with Crippen molar-refractivity contribution < 1.29 is 9.59 Å². The van der Waals surface area contributed by atoms with Crippen molar-refractivity contribution in [3.05, 3.63) is 77.4 Å². The van der Waals surface area contributed by atoms with Crippen LogP contribution in [0.5, 0.6) is 0 Å². The molecular formula is C24H29N5O2. The third-order valence-corrected chi connectivity index (χ3v) is 6.15. The van der Waals surface area contributed by atoms with E-state index in [0.29, 0.717) is 18.8 Å². The Morgan fingerprint density at radius 3 is 2.68 bits per heavy atom. The van der Waals surface area contributed by atoms with Crippen molar-refractivity contribution in [1.82, 2.24) is 25.0 Å². The lowest BCUT2D eigenvalue weighted by molar-refractivity contribution is -0.131. The second-order valence-electron chi connectivity index (χ2n) is 8.49. The van der Waals surface area contributed by atoms with Crippen LogP contribution in [0, 0.1) is 5.92 Å². The lowest BCUT2D eigenvalue weighted by Gasteiger charge is -2.21. The van der Waals surface area contributed by atoms with Crippen LogP contribution in [0.1, 0.15) is 47.1 Å². The molecule has 1 aromatic carbocycles. The number of nitrogens with one attached hydrogen (secondary N) is 2. The van der Waals surface area contributed by atoms with Crippen molar-refractivity contribution in [1.29, 1.82) is 0 Å². The molecule has 0 saturated carbocycles. The minimum Gasteiger partial charge on any atom is -0.357 e. The SMILES string of the molecule is CC(C(=O)N1C[C@@H](C)[C@@H](NC(=O)c2cc(Cc3ccccc3)c[nH]2)C1)c1ccnn1C. The molecular weight excluding hydrogens is 390 g/mol. The van der Waals surface area contributed by atoms with E-state index in [0.717, 1.165) is 17.7 Å². The van der Waals surface area contributed by atoms with Gasteiger partial charge in [0.05, 0.1) is 17.7 Å². The first kappa shape index (κ1) is 20.9. The summed E-state index contributed by atoms with van der Waals surface area (Å²) < 4.78 is 1.74.